The van der Waals surface area contributed by atoms with Crippen molar-refractivity contribution in [3.63, 3.8) is 0 Å². The summed E-state index contributed by atoms with van der Waals surface area (Å²) in [5, 5.41) is 3.11. The lowest BCUT2D eigenvalue weighted by atomic mass is 9.99. The van der Waals surface area contributed by atoms with Crippen LogP contribution in [0, 0.1) is 5.92 Å². The third-order valence-corrected chi connectivity index (χ3v) is 3.33. The molecule has 0 spiro atoms. The van der Waals surface area contributed by atoms with Gasteiger partial charge in [0.05, 0.1) is 12.6 Å². The SMILES string of the molecule is CC[C@@H](C)C(=O)N[C@H]1CCOc2ccccc21. The Hall–Kier alpha value is -1.51. The quantitative estimate of drug-likeness (QED) is 0.871. The van der Waals surface area contributed by atoms with Gasteiger partial charge in [-0.2, -0.15) is 0 Å². The molecule has 0 saturated heterocycles. The van der Waals surface area contributed by atoms with E-state index in [0.717, 1.165) is 24.2 Å². The fraction of sp³-hybridized carbons (Fsp3) is 0.500. The van der Waals surface area contributed by atoms with Crippen LogP contribution >= 0.6 is 0 Å². The zero-order valence-electron chi connectivity index (χ0n) is 10.4. The second-order valence-electron chi connectivity index (χ2n) is 4.55. The van der Waals surface area contributed by atoms with Crippen molar-refractivity contribution in [1.29, 1.82) is 0 Å². The van der Waals surface area contributed by atoms with Crippen LogP contribution in [0.5, 0.6) is 5.75 Å². The van der Waals surface area contributed by atoms with E-state index in [4.69, 9.17) is 4.74 Å². The van der Waals surface area contributed by atoms with E-state index in [2.05, 4.69) is 5.32 Å². The summed E-state index contributed by atoms with van der Waals surface area (Å²) >= 11 is 0. The van der Waals surface area contributed by atoms with Crippen LogP contribution in [0.1, 0.15) is 38.3 Å². The van der Waals surface area contributed by atoms with Gasteiger partial charge >= 0.3 is 0 Å². The number of nitrogens with one attached hydrogen (secondary N) is 1. The van der Waals surface area contributed by atoms with Crippen molar-refractivity contribution in [2.24, 2.45) is 5.92 Å². The number of benzene rings is 1. The van der Waals surface area contributed by atoms with E-state index in [9.17, 15) is 4.79 Å². The van der Waals surface area contributed by atoms with Gasteiger partial charge in [0.1, 0.15) is 5.75 Å². The van der Waals surface area contributed by atoms with Crippen LogP contribution in [0.4, 0.5) is 0 Å². The third kappa shape index (κ3) is 2.60. The maximum atomic E-state index is 11.9. The van der Waals surface area contributed by atoms with Crippen molar-refractivity contribution in [3.05, 3.63) is 29.8 Å². The van der Waals surface area contributed by atoms with Gasteiger partial charge in [-0.1, -0.05) is 32.0 Å². The number of carbonyl (C=O) groups excluding carboxylic acids is 1. The number of carbonyl (C=O) groups is 1. The van der Waals surface area contributed by atoms with Crippen LogP contribution in [0.25, 0.3) is 0 Å². The molecule has 0 aliphatic carbocycles. The zero-order valence-corrected chi connectivity index (χ0v) is 10.4. The topological polar surface area (TPSA) is 38.3 Å². The molecule has 1 aliphatic rings. The van der Waals surface area contributed by atoms with Gasteiger partial charge in [0.15, 0.2) is 0 Å². The van der Waals surface area contributed by atoms with Gasteiger partial charge in [0.25, 0.3) is 0 Å². The van der Waals surface area contributed by atoms with E-state index in [1.807, 2.05) is 38.1 Å². The van der Waals surface area contributed by atoms with E-state index < -0.39 is 0 Å². The fourth-order valence-electron chi connectivity index (χ4n) is 1.99. The maximum Gasteiger partial charge on any atom is 0.223 e. The summed E-state index contributed by atoms with van der Waals surface area (Å²) < 4.78 is 5.57. The first-order valence-corrected chi connectivity index (χ1v) is 6.24. The highest BCUT2D eigenvalue weighted by molar-refractivity contribution is 5.78. The molecule has 0 bridgehead atoms. The minimum absolute atomic E-state index is 0.0741. The number of ether oxygens (including phenoxy) is 1. The van der Waals surface area contributed by atoms with Crippen LogP contribution in [0.2, 0.25) is 0 Å². The number of amides is 1. The van der Waals surface area contributed by atoms with Crippen LogP contribution in [-0.2, 0) is 4.79 Å². The van der Waals surface area contributed by atoms with E-state index in [0.29, 0.717) is 6.61 Å². The van der Waals surface area contributed by atoms with Crippen LogP contribution < -0.4 is 10.1 Å². The van der Waals surface area contributed by atoms with Crippen molar-refractivity contribution in [3.8, 4) is 5.75 Å². The zero-order chi connectivity index (χ0) is 12.3. The molecule has 92 valence electrons. The number of para-hydroxylation sites is 1. The summed E-state index contributed by atoms with van der Waals surface area (Å²) in [7, 11) is 0. The summed E-state index contributed by atoms with van der Waals surface area (Å²) in [6, 6.07) is 8.02. The van der Waals surface area contributed by atoms with Crippen molar-refractivity contribution in [1.82, 2.24) is 5.32 Å². The Balaban J connectivity index is 2.11. The van der Waals surface area contributed by atoms with Gasteiger partial charge in [0.2, 0.25) is 5.91 Å². The van der Waals surface area contributed by atoms with Crippen molar-refractivity contribution in [2.75, 3.05) is 6.61 Å². The second-order valence-corrected chi connectivity index (χ2v) is 4.55. The molecule has 1 aliphatic heterocycles. The molecule has 0 saturated carbocycles. The van der Waals surface area contributed by atoms with Crippen LogP contribution in [-0.4, -0.2) is 12.5 Å². The molecule has 17 heavy (non-hydrogen) atoms. The van der Waals surface area contributed by atoms with Gasteiger partial charge in [-0.05, 0) is 12.5 Å². The van der Waals surface area contributed by atoms with Crippen LogP contribution in [0.3, 0.4) is 0 Å². The predicted molar refractivity (Wildman–Crippen MR) is 66.9 cm³/mol. The lowest BCUT2D eigenvalue weighted by Crippen LogP contribution is -2.35. The molecule has 0 fully saturated rings. The summed E-state index contributed by atoms with van der Waals surface area (Å²) in [5.41, 5.74) is 1.09. The molecule has 0 aromatic heterocycles. The molecule has 0 radical (unpaired) electrons. The Morgan fingerprint density at radius 3 is 3.06 bits per heavy atom. The average molecular weight is 233 g/mol. The highest BCUT2D eigenvalue weighted by Crippen LogP contribution is 2.31. The molecule has 2 rings (SSSR count). The highest BCUT2D eigenvalue weighted by Gasteiger charge is 2.23. The Morgan fingerprint density at radius 2 is 2.29 bits per heavy atom. The molecular formula is C14H19NO2. The lowest BCUT2D eigenvalue weighted by Gasteiger charge is -2.27. The molecule has 3 heteroatoms. The van der Waals surface area contributed by atoms with E-state index in [1.54, 1.807) is 0 Å². The van der Waals surface area contributed by atoms with E-state index in [-0.39, 0.29) is 17.9 Å². The van der Waals surface area contributed by atoms with Crippen molar-refractivity contribution in [2.45, 2.75) is 32.7 Å². The monoisotopic (exact) mass is 233 g/mol. The van der Waals surface area contributed by atoms with Gasteiger partial charge in [-0.25, -0.2) is 0 Å². The van der Waals surface area contributed by atoms with E-state index in [1.165, 1.54) is 0 Å². The normalized spacial score (nSPS) is 20.0. The molecular weight excluding hydrogens is 214 g/mol. The first-order valence-electron chi connectivity index (χ1n) is 6.24. The maximum absolute atomic E-state index is 11.9. The summed E-state index contributed by atoms with van der Waals surface area (Å²) in [4.78, 5) is 11.9. The minimum Gasteiger partial charge on any atom is -0.493 e. The molecule has 0 unspecified atom stereocenters. The van der Waals surface area contributed by atoms with Gasteiger partial charge in [0, 0.05) is 17.9 Å². The van der Waals surface area contributed by atoms with Gasteiger partial charge < -0.3 is 10.1 Å². The van der Waals surface area contributed by atoms with Gasteiger partial charge in [-0.3, -0.25) is 4.79 Å². The van der Waals surface area contributed by atoms with E-state index >= 15 is 0 Å². The number of hydrogen-bond donors (Lipinski definition) is 1. The Kier molecular flexibility index (Phi) is 3.67. The second kappa shape index (κ2) is 5.21. The molecule has 1 N–H and O–H groups in total. The predicted octanol–water partition coefficient (Wildman–Crippen LogP) is 2.67. The molecule has 1 aromatic rings. The molecule has 3 nitrogen and oxygen atoms in total. The summed E-state index contributed by atoms with van der Waals surface area (Å²) in [6.07, 6.45) is 1.72. The third-order valence-electron chi connectivity index (χ3n) is 3.33. The first kappa shape index (κ1) is 12.0. The first-order chi connectivity index (χ1) is 8.22. The lowest BCUT2D eigenvalue weighted by molar-refractivity contribution is -0.125. The molecule has 1 amide bonds. The Morgan fingerprint density at radius 1 is 1.53 bits per heavy atom. The Bertz CT molecular complexity index is 403. The highest BCUT2D eigenvalue weighted by atomic mass is 16.5. The van der Waals surface area contributed by atoms with Crippen LogP contribution in [0.15, 0.2) is 24.3 Å². The number of hydrogen-bond acceptors (Lipinski definition) is 2. The van der Waals surface area contributed by atoms with Crippen molar-refractivity contribution < 1.29 is 9.53 Å². The van der Waals surface area contributed by atoms with Gasteiger partial charge in [-0.15, -0.1) is 0 Å². The fourth-order valence-corrected chi connectivity index (χ4v) is 1.99. The molecule has 1 heterocycles. The summed E-state index contributed by atoms with van der Waals surface area (Å²) in [6.45, 7) is 4.66. The minimum atomic E-state index is 0.0741. The van der Waals surface area contributed by atoms with Crippen molar-refractivity contribution >= 4 is 5.91 Å². The largest absolute Gasteiger partial charge is 0.493 e. The standard InChI is InChI=1S/C14H19NO2/c1-3-10(2)14(16)15-12-8-9-17-13-7-5-4-6-11(12)13/h4-7,10,12H,3,8-9H2,1-2H3,(H,15,16)/t10-,12+/m1/s1. The molecule has 2 atom stereocenters. The smallest absolute Gasteiger partial charge is 0.223 e. The average Bonchev–Trinajstić information content (AvgIpc) is 2.38. The number of fused-ring (bicyclic) bond motifs is 1. The number of rotatable bonds is 3. The summed E-state index contributed by atoms with van der Waals surface area (Å²) in [5.74, 6) is 1.10. The molecule has 1 aromatic carbocycles. The Labute approximate surface area is 102 Å².